The van der Waals surface area contributed by atoms with Gasteiger partial charge in [0.15, 0.2) is 12.2 Å². The highest BCUT2D eigenvalue weighted by molar-refractivity contribution is 5.82. The molecular formula is C29H51NO10. The van der Waals surface area contributed by atoms with E-state index in [2.05, 4.69) is 12.2 Å². The molecule has 1 amide bonds. The number of rotatable bonds is 21. The summed E-state index contributed by atoms with van der Waals surface area (Å²) in [4.78, 5) is 59.9. The van der Waals surface area contributed by atoms with Gasteiger partial charge < -0.3 is 29.0 Å². The molecule has 0 aliphatic carbocycles. The van der Waals surface area contributed by atoms with Crippen LogP contribution in [0.4, 0.5) is 4.79 Å². The standard InChI is InChI=1S/C29H51NO10/c1-8-11-15-23(9-2)20-38-25(32)21(4)40-26(33)22(5)39-24(31)16-13-12-14-18-37-28(35)30-17-19-36-27(34)29(6,7)10-3/h21-23H,8-20H2,1-7H3,(H,30,35). The fraction of sp³-hybridized carbons (Fsp3) is 0.828. The molecule has 1 N–H and O–H groups in total. The summed E-state index contributed by atoms with van der Waals surface area (Å²) in [5.74, 6) is -2.06. The normalized spacial score (nSPS) is 13.4. The number of nitrogens with one attached hydrogen (secondary N) is 1. The van der Waals surface area contributed by atoms with Crippen LogP contribution >= 0.6 is 0 Å². The molecular weight excluding hydrogens is 522 g/mol. The number of ether oxygens (including phenoxy) is 5. The van der Waals surface area contributed by atoms with E-state index < -0.39 is 41.6 Å². The van der Waals surface area contributed by atoms with Crippen LogP contribution in [0.2, 0.25) is 0 Å². The summed E-state index contributed by atoms with van der Waals surface area (Å²) in [6, 6.07) is 0. The van der Waals surface area contributed by atoms with Gasteiger partial charge in [-0.15, -0.1) is 0 Å². The molecule has 0 radical (unpaired) electrons. The molecule has 0 saturated carbocycles. The van der Waals surface area contributed by atoms with Crippen molar-refractivity contribution in [2.45, 2.75) is 118 Å². The quantitative estimate of drug-likeness (QED) is 0.115. The number of carbonyl (C=O) groups is 5. The average molecular weight is 574 g/mol. The highest BCUT2D eigenvalue weighted by Crippen LogP contribution is 2.21. The molecule has 3 unspecified atom stereocenters. The van der Waals surface area contributed by atoms with E-state index >= 15 is 0 Å². The second kappa shape index (κ2) is 21.0. The maximum atomic E-state index is 12.2. The topological polar surface area (TPSA) is 144 Å². The Morgan fingerprint density at radius 2 is 1.45 bits per heavy atom. The molecule has 0 aliphatic heterocycles. The number of unbranched alkanes of at least 4 members (excludes halogenated alkanes) is 3. The van der Waals surface area contributed by atoms with E-state index in [-0.39, 0.29) is 44.7 Å². The lowest BCUT2D eigenvalue weighted by Gasteiger charge is -2.20. The van der Waals surface area contributed by atoms with Crippen LogP contribution < -0.4 is 5.32 Å². The van der Waals surface area contributed by atoms with E-state index in [0.717, 1.165) is 25.7 Å². The third-order valence-electron chi connectivity index (χ3n) is 6.57. The molecule has 0 fully saturated rings. The highest BCUT2D eigenvalue weighted by atomic mass is 16.6. The van der Waals surface area contributed by atoms with Gasteiger partial charge in [0.1, 0.15) is 6.61 Å². The second-order valence-corrected chi connectivity index (χ2v) is 10.5. The van der Waals surface area contributed by atoms with Crippen molar-refractivity contribution in [3.05, 3.63) is 0 Å². The summed E-state index contributed by atoms with van der Waals surface area (Å²) >= 11 is 0. The van der Waals surface area contributed by atoms with Gasteiger partial charge >= 0.3 is 30.0 Å². The second-order valence-electron chi connectivity index (χ2n) is 10.5. The van der Waals surface area contributed by atoms with Gasteiger partial charge in [-0.05, 0) is 65.7 Å². The molecule has 0 aromatic rings. The Morgan fingerprint density at radius 3 is 2.08 bits per heavy atom. The number of carbonyl (C=O) groups excluding carboxylic acids is 5. The lowest BCUT2D eigenvalue weighted by Crippen LogP contribution is -2.33. The van der Waals surface area contributed by atoms with E-state index in [1.165, 1.54) is 13.8 Å². The molecule has 0 saturated heterocycles. The molecule has 0 aromatic heterocycles. The first-order valence-electron chi connectivity index (χ1n) is 14.5. The Kier molecular flexibility index (Phi) is 19.5. The van der Waals surface area contributed by atoms with Crippen LogP contribution in [-0.4, -0.2) is 68.5 Å². The highest BCUT2D eigenvalue weighted by Gasteiger charge is 2.27. The van der Waals surface area contributed by atoms with Gasteiger partial charge in [-0.3, -0.25) is 9.59 Å². The molecule has 232 valence electrons. The number of amides is 1. The molecule has 40 heavy (non-hydrogen) atoms. The van der Waals surface area contributed by atoms with Crippen LogP contribution in [0.1, 0.15) is 106 Å². The SMILES string of the molecule is CCCCC(CC)COC(=O)C(C)OC(=O)C(C)OC(=O)CCCCCOC(=O)NCCOC(=O)C(C)(C)CC. The largest absolute Gasteiger partial charge is 0.463 e. The zero-order valence-electron chi connectivity index (χ0n) is 25.5. The van der Waals surface area contributed by atoms with Crippen molar-refractivity contribution in [2.75, 3.05) is 26.4 Å². The Labute approximate surface area is 239 Å². The fourth-order valence-electron chi connectivity index (χ4n) is 3.24. The first-order valence-corrected chi connectivity index (χ1v) is 14.5. The van der Waals surface area contributed by atoms with E-state index in [1.54, 1.807) is 13.8 Å². The minimum atomic E-state index is -1.16. The molecule has 11 heteroatoms. The predicted molar refractivity (Wildman–Crippen MR) is 148 cm³/mol. The van der Waals surface area contributed by atoms with Gasteiger partial charge in [0.2, 0.25) is 0 Å². The van der Waals surface area contributed by atoms with E-state index in [0.29, 0.717) is 25.7 Å². The minimum Gasteiger partial charge on any atom is -0.463 e. The third-order valence-corrected chi connectivity index (χ3v) is 6.57. The molecule has 0 rings (SSSR count). The van der Waals surface area contributed by atoms with Crippen LogP contribution in [0.15, 0.2) is 0 Å². The number of hydrogen-bond donors (Lipinski definition) is 1. The van der Waals surface area contributed by atoms with Crippen molar-refractivity contribution < 1.29 is 47.7 Å². The van der Waals surface area contributed by atoms with Crippen LogP contribution in [0.5, 0.6) is 0 Å². The summed E-state index contributed by atoms with van der Waals surface area (Å²) in [6.45, 7) is 13.1. The third kappa shape index (κ3) is 17.0. The molecule has 0 bridgehead atoms. The summed E-state index contributed by atoms with van der Waals surface area (Å²) in [5.41, 5.74) is -0.561. The van der Waals surface area contributed by atoms with Gasteiger partial charge in [-0.25, -0.2) is 14.4 Å². The summed E-state index contributed by atoms with van der Waals surface area (Å²) in [5, 5.41) is 2.51. The van der Waals surface area contributed by atoms with Crippen molar-refractivity contribution >= 4 is 30.0 Å². The minimum absolute atomic E-state index is 0.0624. The Balaban J connectivity index is 4.01. The van der Waals surface area contributed by atoms with Gasteiger partial charge in [-0.1, -0.05) is 40.0 Å². The monoisotopic (exact) mass is 573 g/mol. The van der Waals surface area contributed by atoms with Crippen molar-refractivity contribution in [1.29, 1.82) is 0 Å². The van der Waals surface area contributed by atoms with Crippen LogP contribution in [0, 0.1) is 11.3 Å². The molecule has 0 heterocycles. The van der Waals surface area contributed by atoms with Crippen molar-refractivity contribution in [2.24, 2.45) is 11.3 Å². The smallest absolute Gasteiger partial charge is 0.407 e. The number of hydrogen-bond acceptors (Lipinski definition) is 10. The van der Waals surface area contributed by atoms with Crippen LogP contribution in [-0.2, 0) is 42.9 Å². The molecule has 0 aliphatic rings. The maximum Gasteiger partial charge on any atom is 0.407 e. The predicted octanol–water partition coefficient (Wildman–Crippen LogP) is 4.88. The first kappa shape index (κ1) is 37.1. The molecule has 0 aromatic carbocycles. The van der Waals surface area contributed by atoms with E-state index in [9.17, 15) is 24.0 Å². The zero-order valence-corrected chi connectivity index (χ0v) is 25.5. The Hall–Kier alpha value is -2.85. The van der Waals surface area contributed by atoms with Gasteiger partial charge in [0.05, 0.1) is 25.2 Å². The average Bonchev–Trinajstić information content (AvgIpc) is 2.92. The number of alkyl carbamates (subject to hydrolysis) is 1. The molecule has 3 atom stereocenters. The lowest BCUT2D eigenvalue weighted by molar-refractivity contribution is -0.177. The lowest BCUT2D eigenvalue weighted by atomic mass is 9.91. The zero-order chi connectivity index (χ0) is 30.6. The van der Waals surface area contributed by atoms with E-state index in [4.69, 9.17) is 23.7 Å². The van der Waals surface area contributed by atoms with Crippen molar-refractivity contribution in [1.82, 2.24) is 5.32 Å². The van der Waals surface area contributed by atoms with Crippen LogP contribution in [0.25, 0.3) is 0 Å². The number of esters is 4. The van der Waals surface area contributed by atoms with Crippen molar-refractivity contribution in [3.63, 3.8) is 0 Å². The summed E-state index contributed by atoms with van der Waals surface area (Å²) in [6.07, 6.45) is 3.49. The van der Waals surface area contributed by atoms with Crippen LogP contribution in [0.3, 0.4) is 0 Å². The fourth-order valence-corrected chi connectivity index (χ4v) is 3.24. The first-order chi connectivity index (χ1) is 18.9. The summed E-state index contributed by atoms with van der Waals surface area (Å²) < 4.78 is 25.7. The Morgan fingerprint density at radius 1 is 0.775 bits per heavy atom. The molecule has 0 spiro atoms. The van der Waals surface area contributed by atoms with E-state index in [1.807, 2.05) is 13.8 Å². The molecule has 11 nitrogen and oxygen atoms in total. The van der Waals surface area contributed by atoms with Gasteiger partial charge in [-0.2, -0.15) is 0 Å². The van der Waals surface area contributed by atoms with Crippen molar-refractivity contribution in [3.8, 4) is 0 Å². The maximum absolute atomic E-state index is 12.2. The van der Waals surface area contributed by atoms with Gasteiger partial charge in [0, 0.05) is 6.42 Å². The van der Waals surface area contributed by atoms with Gasteiger partial charge in [0.25, 0.3) is 0 Å². The summed E-state index contributed by atoms with van der Waals surface area (Å²) in [7, 11) is 0. The Bertz CT molecular complexity index is 783.